The Bertz CT molecular complexity index is 409. The first-order valence-electron chi connectivity index (χ1n) is 7.13. The van der Waals surface area contributed by atoms with Crippen molar-refractivity contribution in [2.45, 2.75) is 32.8 Å². The van der Waals surface area contributed by atoms with E-state index in [0.717, 1.165) is 37.4 Å². The third-order valence-corrected chi connectivity index (χ3v) is 3.67. The van der Waals surface area contributed by atoms with Crippen LogP contribution in [-0.4, -0.2) is 25.9 Å². The van der Waals surface area contributed by atoms with E-state index >= 15 is 0 Å². The molecule has 0 radical (unpaired) electrons. The molecule has 4 nitrogen and oxygen atoms in total. The minimum absolute atomic E-state index is 0.379. The lowest BCUT2D eigenvalue weighted by molar-refractivity contribution is 0.0900. The summed E-state index contributed by atoms with van der Waals surface area (Å²) in [5.41, 5.74) is 7.75. The second kappa shape index (κ2) is 6.66. The fourth-order valence-corrected chi connectivity index (χ4v) is 2.60. The van der Waals surface area contributed by atoms with E-state index in [1.165, 1.54) is 0 Å². The largest absolute Gasteiger partial charge is 0.492 e. The smallest absolute Gasteiger partial charge is 0.144 e. The zero-order valence-electron chi connectivity index (χ0n) is 11.8. The van der Waals surface area contributed by atoms with Gasteiger partial charge in [-0.1, -0.05) is 13.0 Å². The minimum Gasteiger partial charge on any atom is -0.492 e. The number of hydrogen-bond donors (Lipinski definition) is 2. The Morgan fingerprint density at radius 1 is 1.42 bits per heavy atom. The first-order chi connectivity index (χ1) is 9.26. The van der Waals surface area contributed by atoms with E-state index in [4.69, 9.17) is 15.2 Å². The molecule has 19 heavy (non-hydrogen) atoms. The van der Waals surface area contributed by atoms with Crippen LogP contribution in [0.2, 0.25) is 0 Å². The molecule has 1 aromatic carbocycles. The van der Waals surface area contributed by atoms with Crippen LogP contribution in [0.25, 0.3) is 0 Å². The van der Waals surface area contributed by atoms with Crippen molar-refractivity contribution in [3.8, 4) is 5.75 Å². The van der Waals surface area contributed by atoms with Crippen molar-refractivity contribution in [1.82, 2.24) is 0 Å². The number of nitrogens with two attached hydrogens (primary N) is 1. The van der Waals surface area contributed by atoms with Crippen LogP contribution in [0, 0.1) is 5.92 Å². The number of anilines is 2. The predicted octanol–water partition coefficient (Wildman–Crippen LogP) is 2.89. The zero-order valence-corrected chi connectivity index (χ0v) is 11.8. The van der Waals surface area contributed by atoms with Crippen molar-refractivity contribution in [2.24, 2.45) is 5.92 Å². The van der Waals surface area contributed by atoms with Crippen LogP contribution in [0.15, 0.2) is 18.2 Å². The van der Waals surface area contributed by atoms with Gasteiger partial charge in [0.1, 0.15) is 5.75 Å². The summed E-state index contributed by atoms with van der Waals surface area (Å²) in [6, 6.07) is 5.86. The second-order valence-corrected chi connectivity index (χ2v) is 4.90. The van der Waals surface area contributed by atoms with Crippen molar-refractivity contribution in [3.63, 3.8) is 0 Å². The molecule has 1 aliphatic heterocycles. The summed E-state index contributed by atoms with van der Waals surface area (Å²) in [6.07, 6.45) is 2.57. The van der Waals surface area contributed by atoms with Crippen molar-refractivity contribution >= 4 is 11.4 Å². The third-order valence-electron chi connectivity index (χ3n) is 3.67. The fourth-order valence-electron chi connectivity index (χ4n) is 2.60. The molecule has 0 spiro atoms. The van der Waals surface area contributed by atoms with Crippen molar-refractivity contribution in [3.05, 3.63) is 18.2 Å². The molecule has 2 atom stereocenters. The molecule has 1 aromatic rings. The van der Waals surface area contributed by atoms with Gasteiger partial charge in [-0.25, -0.2) is 0 Å². The van der Waals surface area contributed by atoms with Crippen LogP contribution in [-0.2, 0) is 4.74 Å². The summed E-state index contributed by atoms with van der Waals surface area (Å²) in [7, 11) is 0. The topological polar surface area (TPSA) is 56.5 Å². The summed E-state index contributed by atoms with van der Waals surface area (Å²) in [5, 5.41) is 3.43. The highest BCUT2D eigenvalue weighted by molar-refractivity contribution is 5.72. The number of para-hydroxylation sites is 1. The van der Waals surface area contributed by atoms with Crippen molar-refractivity contribution in [1.29, 1.82) is 0 Å². The van der Waals surface area contributed by atoms with Crippen molar-refractivity contribution < 1.29 is 9.47 Å². The first-order valence-corrected chi connectivity index (χ1v) is 7.13. The maximum atomic E-state index is 6.10. The van der Waals surface area contributed by atoms with Crippen LogP contribution in [0.4, 0.5) is 11.4 Å². The van der Waals surface area contributed by atoms with Crippen LogP contribution in [0.1, 0.15) is 26.7 Å². The summed E-state index contributed by atoms with van der Waals surface area (Å²) < 4.78 is 11.2. The molecule has 1 fully saturated rings. The summed E-state index contributed by atoms with van der Waals surface area (Å²) >= 11 is 0. The number of hydrogen-bond acceptors (Lipinski definition) is 4. The Kier molecular flexibility index (Phi) is 4.91. The van der Waals surface area contributed by atoms with Crippen LogP contribution in [0.3, 0.4) is 0 Å². The van der Waals surface area contributed by atoms with Gasteiger partial charge >= 0.3 is 0 Å². The molecule has 1 saturated heterocycles. The molecule has 106 valence electrons. The molecule has 0 aromatic heterocycles. The quantitative estimate of drug-likeness (QED) is 0.776. The lowest BCUT2D eigenvalue weighted by Gasteiger charge is -2.19. The van der Waals surface area contributed by atoms with Gasteiger partial charge < -0.3 is 20.5 Å². The predicted molar refractivity (Wildman–Crippen MR) is 78.7 cm³/mol. The molecular formula is C15H24N2O2. The highest BCUT2D eigenvalue weighted by atomic mass is 16.5. The van der Waals surface area contributed by atoms with Gasteiger partial charge in [-0.15, -0.1) is 0 Å². The lowest BCUT2D eigenvalue weighted by Crippen LogP contribution is -2.23. The molecule has 3 N–H and O–H groups in total. The van der Waals surface area contributed by atoms with E-state index in [0.29, 0.717) is 24.3 Å². The lowest BCUT2D eigenvalue weighted by atomic mass is 9.99. The summed E-state index contributed by atoms with van der Waals surface area (Å²) in [5.74, 6) is 1.32. The highest BCUT2D eigenvalue weighted by Crippen LogP contribution is 2.30. The Hall–Kier alpha value is -1.42. The number of ether oxygens (including phenoxy) is 2. The molecular weight excluding hydrogens is 240 g/mol. The van der Waals surface area contributed by atoms with E-state index in [1.807, 2.05) is 25.1 Å². The SMILES string of the molecule is CCOc1cccc(NCC2CCOC2CC)c1N. The van der Waals surface area contributed by atoms with Gasteiger partial charge in [0.2, 0.25) is 0 Å². The molecule has 4 heteroatoms. The molecule has 1 aliphatic rings. The van der Waals surface area contributed by atoms with E-state index in [1.54, 1.807) is 0 Å². The number of benzene rings is 1. The van der Waals surface area contributed by atoms with Crippen LogP contribution in [0.5, 0.6) is 5.75 Å². The maximum absolute atomic E-state index is 6.10. The van der Waals surface area contributed by atoms with Crippen LogP contribution >= 0.6 is 0 Å². The monoisotopic (exact) mass is 264 g/mol. The van der Waals surface area contributed by atoms with Gasteiger partial charge in [0.05, 0.1) is 24.1 Å². The number of nitrogen functional groups attached to an aromatic ring is 1. The molecule has 1 heterocycles. The van der Waals surface area contributed by atoms with E-state index in [2.05, 4.69) is 12.2 Å². The fraction of sp³-hybridized carbons (Fsp3) is 0.600. The Morgan fingerprint density at radius 2 is 2.26 bits per heavy atom. The Morgan fingerprint density at radius 3 is 3.00 bits per heavy atom. The third kappa shape index (κ3) is 3.32. The van der Waals surface area contributed by atoms with Gasteiger partial charge in [0.25, 0.3) is 0 Å². The highest BCUT2D eigenvalue weighted by Gasteiger charge is 2.26. The molecule has 0 bridgehead atoms. The zero-order chi connectivity index (χ0) is 13.7. The number of rotatable bonds is 6. The normalized spacial score (nSPS) is 22.4. The standard InChI is InChI=1S/C15H24N2O2/c1-3-13-11(8-9-19-13)10-17-12-6-5-7-14(15(12)16)18-4-2/h5-7,11,13,17H,3-4,8-10,16H2,1-2H3. The second-order valence-electron chi connectivity index (χ2n) is 4.90. The summed E-state index contributed by atoms with van der Waals surface area (Å²) in [4.78, 5) is 0. The average molecular weight is 264 g/mol. The van der Waals surface area contributed by atoms with Crippen molar-refractivity contribution in [2.75, 3.05) is 30.8 Å². The Labute approximate surface area is 115 Å². The summed E-state index contributed by atoms with van der Waals surface area (Å²) in [6.45, 7) is 6.54. The molecule has 2 rings (SSSR count). The minimum atomic E-state index is 0.379. The average Bonchev–Trinajstić information content (AvgIpc) is 2.87. The molecule has 2 unspecified atom stereocenters. The maximum Gasteiger partial charge on any atom is 0.144 e. The molecule has 0 aliphatic carbocycles. The van der Waals surface area contributed by atoms with Crippen LogP contribution < -0.4 is 15.8 Å². The van der Waals surface area contributed by atoms with E-state index < -0.39 is 0 Å². The van der Waals surface area contributed by atoms with E-state index in [-0.39, 0.29) is 0 Å². The van der Waals surface area contributed by atoms with E-state index in [9.17, 15) is 0 Å². The van der Waals surface area contributed by atoms with Gasteiger partial charge in [-0.05, 0) is 31.9 Å². The van der Waals surface area contributed by atoms with Gasteiger partial charge in [-0.2, -0.15) is 0 Å². The Balaban J connectivity index is 1.97. The van der Waals surface area contributed by atoms with Gasteiger partial charge in [0, 0.05) is 19.1 Å². The van der Waals surface area contributed by atoms with Gasteiger partial charge in [0.15, 0.2) is 0 Å². The van der Waals surface area contributed by atoms with Gasteiger partial charge in [-0.3, -0.25) is 0 Å². The molecule has 0 saturated carbocycles. The number of nitrogens with one attached hydrogen (secondary N) is 1. The first kappa shape index (κ1) is 14.0. The molecule has 0 amide bonds.